The maximum absolute atomic E-state index is 6.25. The van der Waals surface area contributed by atoms with Crippen LogP contribution in [0.25, 0.3) is 0 Å². The number of hydrogen-bond donors (Lipinski definition) is 0. The normalized spacial score (nSPS) is 9.83. The number of hydrogen-bond acceptors (Lipinski definition) is 0. The Bertz CT molecular complexity index is 521. The summed E-state index contributed by atoms with van der Waals surface area (Å²) in [6.07, 6.45) is 3.45. The van der Waals surface area contributed by atoms with Gasteiger partial charge in [-0.1, -0.05) is 102 Å². The molecule has 0 spiro atoms. The average molecular weight is 414 g/mol. The van der Waals surface area contributed by atoms with Gasteiger partial charge in [0, 0.05) is 0 Å². The molecular weight excluding hydrogens is 389 g/mol. The van der Waals surface area contributed by atoms with Crippen molar-refractivity contribution in [3.63, 3.8) is 0 Å². The first-order valence-electron chi connectivity index (χ1n) is 8.61. The van der Waals surface area contributed by atoms with Gasteiger partial charge in [0.25, 0.3) is 0 Å². The lowest BCUT2D eigenvalue weighted by atomic mass is 10.1. The second-order valence-electron chi connectivity index (χ2n) is 5.84. The standard InChI is InChI=1S/C9H11.C7H7.C3H7.2Al.3ClH/c1-2-6-9-7-4-3-5-8-9;1-7-5-3-2-4-6-7;1-3-2;;;;;/h3-5,7-8H,1-2,6H2;2-6H,1H2;1,3H2,2H3;;;3*1H/q;;;+1;+2;;;/p-3. The topological polar surface area (TPSA) is 0 Å². The molecule has 128 valence electrons. The molecular formula is C19H25Al2Cl3. The fourth-order valence-electron chi connectivity index (χ4n) is 2.39. The van der Waals surface area contributed by atoms with Crippen LogP contribution in [0.2, 0.25) is 10.6 Å². The second kappa shape index (κ2) is 14.5. The molecule has 0 heterocycles. The molecule has 5 heteroatoms. The van der Waals surface area contributed by atoms with E-state index < -0.39 is 25.5 Å². The zero-order valence-corrected chi connectivity index (χ0v) is 18.9. The molecule has 0 unspecified atom stereocenters. The summed E-state index contributed by atoms with van der Waals surface area (Å²) in [5.74, 6) is 0. The number of rotatable bonds is 8. The minimum absolute atomic E-state index is 0.957. The van der Waals surface area contributed by atoms with Crippen molar-refractivity contribution >= 4 is 55.7 Å². The molecule has 0 aliphatic rings. The molecule has 0 radical (unpaired) electrons. The van der Waals surface area contributed by atoms with Crippen LogP contribution in [0, 0.1) is 0 Å². The van der Waals surface area contributed by atoms with Crippen LogP contribution in [0.1, 0.15) is 30.9 Å². The Balaban J connectivity index is 0.000000240. The van der Waals surface area contributed by atoms with Crippen molar-refractivity contribution in [2.75, 3.05) is 0 Å². The molecule has 0 aliphatic heterocycles. The third-order valence-corrected chi connectivity index (χ3v) is 9.02. The van der Waals surface area contributed by atoms with Crippen LogP contribution in [-0.4, -0.2) is 25.5 Å². The minimum Gasteiger partial charge on any atom is -0.261 e. The largest absolute Gasteiger partial charge is 0.519 e. The molecule has 0 saturated heterocycles. The van der Waals surface area contributed by atoms with Crippen LogP contribution in [-0.2, 0) is 11.7 Å². The van der Waals surface area contributed by atoms with E-state index in [0.717, 1.165) is 23.4 Å². The highest BCUT2D eigenvalue weighted by molar-refractivity contribution is 7.33. The highest BCUT2D eigenvalue weighted by Gasteiger charge is 2.13. The fourth-order valence-corrected chi connectivity index (χ4v) is 6.63. The Morgan fingerprint density at radius 1 is 0.750 bits per heavy atom. The van der Waals surface area contributed by atoms with Crippen molar-refractivity contribution in [2.45, 2.75) is 42.0 Å². The maximum Gasteiger partial charge on any atom is 0.519 e. The van der Waals surface area contributed by atoms with Gasteiger partial charge in [0.2, 0.25) is 0 Å². The molecule has 0 nitrogen and oxygen atoms in total. The summed E-state index contributed by atoms with van der Waals surface area (Å²) in [6, 6.07) is 21.0. The van der Waals surface area contributed by atoms with Gasteiger partial charge in [-0.25, -0.2) is 20.1 Å². The van der Waals surface area contributed by atoms with Gasteiger partial charge >= 0.3 is 25.5 Å². The molecule has 0 bridgehead atoms. The molecule has 2 aromatic carbocycles. The van der Waals surface area contributed by atoms with Crippen molar-refractivity contribution in [1.82, 2.24) is 0 Å². The highest BCUT2D eigenvalue weighted by atomic mass is 35.7. The minimum atomic E-state index is -1.37. The lowest BCUT2D eigenvalue weighted by molar-refractivity contribution is 0.916. The van der Waals surface area contributed by atoms with E-state index >= 15 is 0 Å². The summed E-state index contributed by atoms with van der Waals surface area (Å²) in [6.45, 7) is 2.20. The van der Waals surface area contributed by atoms with Crippen LogP contribution in [0.3, 0.4) is 0 Å². The first-order valence-corrected chi connectivity index (χ1v) is 16.3. The monoisotopic (exact) mass is 412 g/mol. The first-order chi connectivity index (χ1) is 11.6. The van der Waals surface area contributed by atoms with Crippen molar-refractivity contribution in [1.29, 1.82) is 0 Å². The number of halogens is 3. The van der Waals surface area contributed by atoms with E-state index in [1.807, 2.05) is 12.1 Å². The summed E-state index contributed by atoms with van der Waals surface area (Å²) < 4.78 is 0. The summed E-state index contributed by atoms with van der Waals surface area (Å²) in [5.41, 5.74) is 2.78. The SMILES string of the molecule is CC[CH2][Al]([Cl])[CH2]c1ccccc1.[Cl][Al]([Cl])[CH2]CCc1ccccc1. The average Bonchev–Trinajstić information content (AvgIpc) is 2.57. The van der Waals surface area contributed by atoms with Gasteiger partial charge in [-0.2, -0.15) is 0 Å². The lowest BCUT2D eigenvalue weighted by Gasteiger charge is -2.01. The molecule has 24 heavy (non-hydrogen) atoms. The first kappa shape index (κ1) is 22.4. The van der Waals surface area contributed by atoms with Crippen LogP contribution >= 0.6 is 30.1 Å². The van der Waals surface area contributed by atoms with Gasteiger partial charge in [-0.05, 0) is 12.0 Å². The van der Waals surface area contributed by atoms with E-state index in [-0.39, 0.29) is 0 Å². The maximum atomic E-state index is 6.25. The number of benzene rings is 2. The van der Waals surface area contributed by atoms with Crippen molar-refractivity contribution in [2.24, 2.45) is 0 Å². The predicted octanol–water partition coefficient (Wildman–Crippen LogP) is 6.99. The van der Waals surface area contributed by atoms with E-state index in [2.05, 4.69) is 55.5 Å². The third kappa shape index (κ3) is 11.8. The van der Waals surface area contributed by atoms with Crippen LogP contribution in [0.15, 0.2) is 60.7 Å². The van der Waals surface area contributed by atoms with Gasteiger partial charge in [0.1, 0.15) is 0 Å². The zero-order valence-electron chi connectivity index (χ0n) is 14.3. The Kier molecular flexibility index (Phi) is 13.6. The Hall–Kier alpha value is 0.375. The lowest BCUT2D eigenvalue weighted by Crippen LogP contribution is -2.07. The molecule has 2 rings (SSSR count). The van der Waals surface area contributed by atoms with Crippen LogP contribution < -0.4 is 0 Å². The third-order valence-electron chi connectivity index (χ3n) is 3.63. The second-order valence-corrected chi connectivity index (χ2v) is 15.1. The molecule has 0 fully saturated rings. The van der Waals surface area contributed by atoms with E-state index in [1.165, 1.54) is 22.8 Å². The van der Waals surface area contributed by atoms with Gasteiger partial charge in [-0.15, -0.1) is 0 Å². The van der Waals surface area contributed by atoms with Gasteiger partial charge in [0.15, 0.2) is 0 Å². The Morgan fingerprint density at radius 2 is 1.29 bits per heavy atom. The molecule has 0 aromatic heterocycles. The van der Waals surface area contributed by atoms with Crippen molar-refractivity contribution in [3.8, 4) is 0 Å². The van der Waals surface area contributed by atoms with Gasteiger partial charge < -0.3 is 0 Å². The molecule has 0 amide bonds. The Morgan fingerprint density at radius 3 is 1.79 bits per heavy atom. The quantitative estimate of drug-likeness (QED) is 0.409. The van der Waals surface area contributed by atoms with E-state index in [1.54, 1.807) is 0 Å². The Labute approximate surface area is 168 Å². The number of aryl methyl sites for hydroxylation is 1. The molecule has 0 N–H and O–H groups in total. The van der Waals surface area contributed by atoms with Crippen molar-refractivity contribution < 1.29 is 0 Å². The molecule has 0 saturated carbocycles. The van der Waals surface area contributed by atoms with Crippen molar-refractivity contribution in [3.05, 3.63) is 71.8 Å². The van der Waals surface area contributed by atoms with Crippen LogP contribution in [0.4, 0.5) is 0 Å². The predicted molar refractivity (Wildman–Crippen MR) is 114 cm³/mol. The molecule has 0 atom stereocenters. The van der Waals surface area contributed by atoms with Gasteiger partial charge in [0.05, 0.1) is 0 Å². The van der Waals surface area contributed by atoms with Gasteiger partial charge in [-0.3, -0.25) is 10.0 Å². The molecule has 0 aliphatic carbocycles. The van der Waals surface area contributed by atoms with E-state index in [9.17, 15) is 0 Å². The summed E-state index contributed by atoms with van der Waals surface area (Å²) in [5, 5.41) is 3.39. The molecule has 2 aromatic rings. The highest BCUT2D eigenvalue weighted by Crippen LogP contribution is 2.11. The summed E-state index contributed by atoms with van der Waals surface area (Å²) in [7, 11) is 17.8. The van der Waals surface area contributed by atoms with E-state index in [4.69, 9.17) is 30.1 Å². The fraction of sp³-hybridized carbons (Fsp3) is 0.368. The van der Waals surface area contributed by atoms with E-state index in [0.29, 0.717) is 0 Å². The smallest absolute Gasteiger partial charge is 0.261 e. The summed E-state index contributed by atoms with van der Waals surface area (Å²) in [4.78, 5) is 0. The zero-order chi connectivity index (χ0) is 17.6. The summed E-state index contributed by atoms with van der Waals surface area (Å²) >= 11 is -2.32. The van der Waals surface area contributed by atoms with Crippen LogP contribution in [0.5, 0.6) is 0 Å².